The van der Waals surface area contributed by atoms with Gasteiger partial charge in [-0.05, 0) is 42.5 Å². The van der Waals surface area contributed by atoms with Crippen LogP contribution in [0.3, 0.4) is 0 Å². The second-order valence-electron chi connectivity index (χ2n) is 6.24. The average Bonchev–Trinajstić information content (AvgIpc) is 3.23. The molecule has 7 nitrogen and oxygen atoms in total. The Morgan fingerprint density at radius 3 is 2.63 bits per heavy atom. The van der Waals surface area contributed by atoms with Gasteiger partial charge in [-0.25, -0.2) is 0 Å². The van der Waals surface area contributed by atoms with E-state index in [9.17, 15) is 9.59 Å². The number of aromatic nitrogens is 2. The number of fused-ring (bicyclic) bond motifs is 1. The van der Waals surface area contributed by atoms with Crippen molar-refractivity contribution in [3.8, 4) is 5.75 Å². The van der Waals surface area contributed by atoms with E-state index in [1.54, 1.807) is 36.4 Å². The lowest BCUT2D eigenvalue weighted by atomic mass is 10.2. The van der Waals surface area contributed by atoms with Crippen LogP contribution in [-0.4, -0.2) is 27.2 Å². The highest BCUT2D eigenvalue weighted by Gasteiger charge is 2.16. The molecule has 2 N–H and O–H groups in total. The Balaban J connectivity index is 1.46. The van der Waals surface area contributed by atoms with Gasteiger partial charge in [0.05, 0.1) is 23.0 Å². The maximum Gasteiger partial charge on any atom is 0.262 e. The zero-order chi connectivity index (χ0) is 20.9. The van der Waals surface area contributed by atoms with Gasteiger partial charge in [-0.15, -0.1) is 0 Å². The van der Waals surface area contributed by atoms with Gasteiger partial charge in [0.1, 0.15) is 16.8 Å². The van der Waals surface area contributed by atoms with Crippen molar-refractivity contribution in [3.05, 3.63) is 77.3 Å². The molecule has 0 bridgehead atoms. The fraction of sp³-hybridized carbons (Fsp3) is 0.0476. The topological polar surface area (TPSA) is 93.2 Å². The van der Waals surface area contributed by atoms with Crippen LogP contribution in [0.5, 0.6) is 5.75 Å². The maximum atomic E-state index is 12.7. The van der Waals surface area contributed by atoms with Crippen molar-refractivity contribution in [2.45, 2.75) is 0 Å². The summed E-state index contributed by atoms with van der Waals surface area (Å²) in [5, 5.41) is 5.92. The number of benzene rings is 3. The molecule has 0 aliphatic rings. The number of hydrogen-bond acceptors (Lipinski definition) is 6. The molecule has 1 aromatic heterocycles. The fourth-order valence-corrected chi connectivity index (χ4v) is 3.48. The minimum atomic E-state index is -0.391. The van der Waals surface area contributed by atoms with Gasteiger partial charge in [0.25, 0.3) is 11.8 Å². The van der Waals surface area contributed by atoms with Crippen LogP contribution in [0.25, 0.3) is 11.0 Å². The largest absolute Gasteiger partial charge is 0.483 e. The summed E-state index contributed by atoms with van der Waals surface area (Å²) in [4.78, 5) is 25.1. The molecular formula is C21H15ClN4O3S. The van der Waals surface area contributed by atoms with Crippen molar-refractivity contribution in [3.63, 3.8) is 0 Å². The number of para-hydroxylation sites is 1. The van der Waals surface area contributed by atoms with Gasteiger partial charge in [-0.3, -0.25) is 9.59 Å². The Kier molecular flexibility index (Phi) is 5.87. The number of nitrogens with zero attached hydrogens (tertiary/aromatic N) is 2. The van der Waals surface area contributed by atoms with Crippen molar-refractivity contribution in [1.82, 2.24) is 8.75 Å². The van der Waals surface area contributed by atoms with Crippen LogP contribution in [0.1, 0.15) is 10.4 Å². The number of amides is 2. The monoisotopic (exact) mass is 438 g/mol. The third kappa shape index (κ3) is 4.56. The maximum absolute atomic E-state index is 12.7. The average molecular weight is 439 g/mol. The second kappa shape index (κ2) is 8.89. The zero-order valence-corrected chi connectivity index (χ0v) is 17.0. The van der Waals surface area contributed by atoms with Crippen LogP contribution in [0.2, 0.25) is 5.02 Å². The van der Waals surface area contributed by atoms with E-state index in [0.717, 1.165) is 11.7 Å². The predicted octanol–water partition coefficient (Wildman–Crippen LogP) is 4.61. The number of ether oxygens (including phenoxy) is 1. The summed E-state index contributed by atoms with van der Waals surface area (Å²) in [6.07, 6.45) is 0. The van der Waals surface area contributed by atoms with E-state index in [0.29, 0.717) is 27.4 Å². The smallest absolute Gasteiger partial charge is 0.262 e. The zero-order valence-electron chi connectivity index (χ0n) is 15.5. The highest BCUT2D eigenvalue weighted by molar-refractivity contribution is 7.00. The van der Waals surface area contributed by atoms with E-state index < -0.39 is 5.91 Å². The second-order valence-corrected chi connectivity index (χ2v) is 7.20. The molecular weight excluding hydrogens is 424 g/mol. The third-order valence-corrected chi connectivity index (χ3v) is 4.91. The fourth-order valence-electron chi connectivity index (χ4n) is 2.76. The summed E-state index contributed by atoms with van der Waals surface area (Å²) < 4.78 is 13.9. The van der Waals surface area contributed by atoms with Crippen molar-refractivity contribution in [2.75, 3.05) is 17.2 Å². The molecule has 30 heavy (non-hydrogen) atoms. The first-order chi connectivity index (χ1) is 14.6. The molecule has 2 amide bonds. The van der Waals surface area contributed by atoms with Gasteiger partial charge in [-0.1, -0.05) is 35.9 Å². The molecule has 3 aromatic carbocycles. The van der Waals surface area contributed by atoms with Gasteiger partial charge in [0.15, 0.2) is 6.61 Å². The molecule has 1 heterocycles. The van der Waals surface area contributed by atoms with Crippen LogP contribution in [0, 0.1) is 0 Å². The SMILES string of the molecule is O=C(COc1ccc(Cl)cc1C(=O)Nc1ccccc1)Nc1cccc2nsnc12. The van der Waals surface area contributed by atoms with Gasteiger partial charge in [0.2, 0.25) is 0 Å². The lowest BCUT2D eigenvalue weighted by molar-refractivity contribution is -0.118. The lowest BCUT2D eigenvalue weighted by Gasteiger charge is -2.12. The Hall–Kier alpha value is -3.49. The summed E-state index contributed by atoms with van der Waals surface area (Å²) in [5.74, 6) is -0.534. The van der Waals surface area contributed by atoms with Gasteiger partial charge >= 0.3 is 0 Å². The molecule has 4 aromatic rings. The summed E-state index contributed by atoms with van der Waals surface area (Å²) in [6.45, 7) is -0.290. The number of rotatable bonds is 6. The van der Waals surface area contributed by atoms with Gasteiger partial charge in [0, 0.05) is 10.7 Å². The summed E-state index contributed by atoms with van der Waals surface area (Å²) in [5.41, 5.74) is 2.73. The molecule has 150 valence electrons. The summed E-state index contributed by atoms with van der Waals surface area (Å²) >= 11 is 7.12. The van der Waals surface area contributed by atoms with Gasteiger partial charge < -0.3 is 15.4 Å². The summed E-state index contributed by atoms with van der Waals surface area (Å²) in [7, 11) is 0. The summed E-state index contributed by atoms with van der Waals surface area (Å²) in [6, 6.07) is 19.0. The molecule has 0 aliphatic carbocycles. The molecule has 0 atom stereocenters. The molecule has 9 heteroatoms. The van der Waals surface area contributed by atoms with Crippen LogP contribution in [0.15, 0.2) is 66.7 Å². The molecule has 0 saturated heterocycles. The van der Waals surface area contributed by atoms with E-state index in [-0.39, 0.29) is 23.8 Å². The van der Waals surface area contributed by atoms with Crippen LogP contribution in [-0.2, 0) is 4.79 Å². The van der Waals surface area contributed by atoms with Crippen molar-refractivity contribution in [2.24, 2.45) is 0 Å². The Morgan fingerprint density at radius 1 is 0.967 bits per heavy atom. The van der Waals surface area contributed by atoms with E-state index in [2.05, 4.69) is 19.4 Å². The number of halogens is 1. The minimum Gasteiger partial charge on any atom is -0.483 e. The number of carbonyl (C=O) groups excluding carboxylic acids is 2. The van der Waals surface area contributed by atoms with E-state index in [1.165, 1.54) is 6.07 Å². The number of nitrogens with one attached hydrogen (secondary N) is 2. The van der Waals surface area contributed by atoms with Crippen LogP contribution >= 0.6 is 23.3 Å². The highest BCUT2D eigenvalue weighted by Crippen LogP contribution is 2.25. The predicted molar refractivity (Wildman–Crippen MR) is 117 cm³/mol. The Morgan fingerprint density at radius 2 is 1.80 bits per heavy atom. The molecule has 0 saturated carbocycles. The van der Waals surface area contributed by atoms with Gasteiger partial charge in [-0.2, -0.15) is 8.75 Å². The quantitative estimate of drug-likeness (QED) is 0.458. The standard InChI is InChI=1S/C21H15ClN4O3S/c22-13-9-10-18(15(11-13)21(28)23-14-5-2-1-3-6-14)29-12-19(27)24-16-7-4-8-17-20(16)26-30-25-17/h1-11H,12H2,(H,23,28)(H,24,27). The molecule has 4 rings (SSSR count). The highest BCUT2D eigenvalue weighted by atomic mass is 35.5. The van der Waals surface area contributed by atoms with Crippen molar-refractivity contribution in [1.29, 1.82) is 0 Å². The molecule has 0 unspecified atom stereocenters. The van der Waals surface area contributed by atoms with Crippen LogP contribution < -0.4 is 15.4 Å². The molecule has 0 radical (unpaired) electrons. The van der Waals surface area contributed by atoms with Crippen molar-refractivity contribution >= 4 is 57.6 Å². The van der Waals surface area contributed by atoms with E-state index in [1.807, 2.05) is 24.3 Å². The lowest BCUT2D eigenvalue weighted by Crippen LogP contribution is -2.21. The first kappa shape index (κ1) is 19.8. The first-order valence-corrected chi connectivity index (χ1v) is 10.0. The van der Waals surface area contributed by atoms with E-state index in [4.69, 9.17) is 16.3 Å². The first-order valence-electron chi connectivity index (χ1n) is 8.90. The number of carbonyl (C=O) groups is 2. The molecule has 0 fully saturated rings. The van der Waals surface area contributed by atoms with Crippen LogP contribution in [0.4, 0.5) is 11.4 Å². The third-order valence-electron chi connectivity index (χ3n) is 4.14. The molecule has 0 aliphatic heterocycles. The minimum absolute atomic E-state index is 0.227. The number of hydrogen-bond donors (Lipinski definition) is 2. The molecule has 0 spiro atoms. The Labute approximate surface area is 181 Å². The van der Waals surface area contributed by atoms with Crippen molar-refractivity contribution < 1.29 is 14.3 Å². The van der Waals surface area contributed by atoms with E-state index >= 15 is 0 Å². The number of anilines is 2. The normalized spacial score (nSPS) is 10.6. The Bertz CT molecular complexity index is 1210.